The maximum atomic E-state index is 10.1. The van der Waals surface area contributed by atoms with Gasteiger partial charge < -0.3 is 15.2 Å². The van der Waals surface area contributed by atoms with E-state index in [1.807, 2.05) is 4.90 Å². The molecule has 10 heavy (non-hydrogen) atoms. The Balaban J connectivity index is 2.19. The second-order valence-electron chi connectivity index (χ2n) is 2.40. The molecule has 1 saturated heterocycles. The first-order valence-corrected chi connectivity index (χ1v) is 3.42. The van der Waals surface area contributed by atoms with Crippen molar-refractivity contribution < 1.29 is 9.90 Å². The van der Waals surface area contributed by atoms with Gasteiger partial charge in [0.1, 0.15) is 0 Å². The average Bonchev–Trinajstić information content (AvgIpc) is 1.88. The van der Waals surface area contributed by atoms with Gasteiger partial charge in [-0.2, -0.15) is 0 Å². The van der Waals surface area contributed by atoms with E-state index in [1.165, 1.54) is 0 Å². The summed E-state index contributed by atoms with van der Waals surface area (Å²) < 4.78 is 0. The van der Waals surface area contributed by atoms with Crippen molar-refractivity contribution in [2.45, 2.75) is 0 Å². The van der Waals surface area contributed by atoms with Crippen LogP contribution in [0.2, 0.25) is 0 Å². The lowest BCUT2D eigenvalue weighted by atomic mass is 10.3. The quantitative estimate of drug-likeness (QED) is 0.470. The zero-order valence-electron chi connectivity index (χ0n) is 5.80. The molecule has 0 spiro atoms. The number of carboxylic acid groups (broad SMARTS) is 1. The summed E-state index contributed by atoms with van der Waals surface area (Å²) in [5.41, 5.74) is 0. The van der Waals surface area contributed by atoms with Crippen LogP contribution in [0.15, 0.2) is 0 Å². The highest BCUT2D eigenvalue weighted by atomic mass is 16.4. The molecule has 4 nitrogen and oxygen atoms in total. The zero-order valence-corrected chi connectivity index (χ0v) is 5.80. The predicted octanol–water partition coefficient (Wildman–Crippen LogP) is -2.36. The summed E-state index contributed by atoms with van der Waals surface area (Å²) in [6, 6.07) is 0. The standard InChI is InChI=1S/C6H12N2O2/c9-6(10)5-8-3-1-7-2-4-8/h7H,1-5H2,(H,9,10)/p-1. The highest BCUT2D eigenvalue weighted by Crippen LogP contribution is 1.89. The van der Waals surface area contributed by atoms with Gasteiger partial charge in [-0.05, 0) is 0 Å². The molecule has 0 aliphatic carbocycles. The van der Waals surface area contributed by atoms with Crippen LogP contribution < -0.4 is 10.4 Å². The van der Waals surface area contributed by atoms with E-state index in [-0.39, 0.29) is 6.54 Å². The summed E-state index contributed by atoms with van der Waals surface area (Å²) in [6.45, 7) is 3.46. The third-order valence-electron chi connectivity index (χ3n) is 1.56. The summed E-state index contributed by atoms with van der Waals surface area (Å²) >= 11 is 0. The van der Waals surface area contributed by atoms with Gasteiger partial charge in [-0.1, -0.05) is 0 Å². The first kappa shape index (κ1) is 7.50. The van der Waals surface area contributed by atoms with Crippen LogP contribution in [0.3, 0.4) is 0 Å². The van der Waals surface area contributed by atoms with E-state index < -0.39 is 5.97 Å². The molecule has 1 heterocycles. The molecule has 0 radical (unpaired) electrons. The van der Waals surface area contributed by atoms with Gasteiger partial charge in [0.25, 0.3) is 0 Å². The molecule has 58 valence electrons. The molecule has 0 aromatic carbocycles. The second kappa shape index (κ2) is 3.53. The lowest BCUT2D eigenvalue weighted by molar-refractivity contribution is -0.306. The molecule has 0 aromatic rings. The fourth-order valence-electron chi connectivity index (χ4n) is 1.05. The van der Waals surface area contributed by atoms with Crippen molar-refractivity contribution >= 4 is 5.97 Å². The van der Waals surface area contributed by atoms with Crippen LogP contribution in [0.4, 0.5) is 0 Å². The Bertz CT molecular complexity index is 121. The highest BCUT2D eigenvalue weighted by Gasteiger charge is 2.07. The molecular weight excluding hydrogens is 132 g/mol. The Morgan fingerprint density at radius 2 is 2.10 bits per heavy atom. The topological polar surface area (TPSA) is 55.4 Å². The van der Waals surface area contributed by atoms with Gasteiger partial charge in [0.05, 0.1) is 5.97 Å². The van der Waals surface area contributed by atoms with E-state index in [2.05, 4.69) is 5.32 Å². The first-order valence-electron chi connectivity index (χ1n) is 3.42. The highest BCUT2D eigenvalue weighted by molar-refractivity contribution is 5.66. The van der Waals surface area contributed by atoms with Crippen LogP contribution in [0, 0.1) is 0 Å². The molecule has 0 saturated carbocycles. The monoisotopic (exact) mass is 143 g/mol. The van der Waals surface area contributed by atoms with Crippen LogP contribution in [0.1, 0.15) is 0 Å². The zero-order chi connectivity index (χ0) is 7.40. The maximum absolute atomic E-state index is 10.1. The van der Waals surface area contributed by atoms with Gasteiger partial charge in [-0.25, -0.2) is 0 Å². The molecule has 1 rings (SSSR count). The Hall–Kier alpha value is -0.610. The van der Waals surface area contributed by atoms with Gasteiger partial charge in [-0.3, -0.25) is 4.90 Å². The van der Waals surface area contributed by atoms with Gasteiger partial charge in [-0.15, -0.1) is 0 Å². The fourth-order valence-corrected chi connectivity index (χ4v) is 1.05. The number of carbonyl (C=O) groups is 1. The molecule has 0 unspecified atom stereocenters. The minimum atomic E-state index is -0.984. The molecule has 1 aliphatic rings. The van der Waals surface area contributed by atoms with Crippen LogP contribution in [-0.4, -0.2) is 43.6 Å². The number of carbonyl (C=O) groups excluding carboxylic acids is 1. The van der Waals surface area contributed by atoms with Crippen molar-refractivity contribution in [3.8, 4) is 0 Å². The van der Waals surface area contributed by atoms with E-state index in [0.717, 1.165) is 26.2 Å². The molecule has 0 atom stereocenters. The number of nitrogens with zero attached hydrogens (tertiary/aromatic N) is 1. The number of hydrogen-bond donors (Lipinski definition) is 1. The number of piperazine rings is 1. The molecule has 1 fully saturated rings. The molecule has 1 N–H and O–H groups in total. The minimum Gasteiger partial charge on any atom is -0.549 e. The van der Waals surface area contributed by atoms with Crippen molar-refractivity contribution in [3.63, 3.8) is 0 Å². The normalized spacial score (nSPS) is 20.8. The Labute approximate surface area is 59.8 Å². The maximum Gasteiger partial charge on any atom is 0.0555 e. The molecule has 1 aliphatic heterocycles. The average molecular weight is 143 g/mol. The van der Waals surface area contributed by atoms with Crippen LogP contribution in [-0.2, 0) is 4.79 Å². The largest absolute Gasteiger partial charge is 0.549 e. The van der Waals surface area contributed by atoms with E-state index in [9.17, 15) is 9.90 Å². The Morgan fingerprint density at radius 1 is 1.50 bits per heavy atom. The number of carboxylic acids is 1. The third kappa shape index (κ3) is 2.33. The third-order valence-corrected chi connectivity index (χ3v) is 1.56. The molecule has 0 amide bonds. The molecule has 4 heteroatoms. The minimum absolute atomic E-state index is 0.0711. The van der Waals surface area contributed by atoms with E-state index >= 15 is 0 Å². The second-order valence-corrected chi connectivity index (χ2v) is 2.40. The number of nitrogens with one attached hydrogen (secondary N) is 1. The summed E-state index contributed by atoms with van der Waals surface area (Å²) in [4.78, 5) is 12.0. The van der Waals surface area contributed by atoms with Crippen molar-refractivity contribution in [2.75, 3.05) is 32.7 Å². The summed E-state index contributed by atoms with van der Waals surface area (Å²) in [7, 11) is 0. The Morgan fingerprint density at radius 3 is 2.60 bits per heavy atom. The van der Waals surface area contributed by atoms with Crippen molar-refractivity contribution in [1.82, 2.24) is 10.2 Å². The summed E-state index contributed by atoms with van der Waals surface area (Å²) in [6.07, 6.45) is 0. The number of aliphatic carboxylic acids is 1. The van der Waals surface area contributed by atoms with Crippen LogP contribution in [0.25, 0.3) is 0 Å². The fraction of sp³-hybridized carbons (Fsp3) is 0.833. The SMILES string of the molecule is O=C([O-])CN1CCNCC1. The predicted molar refractivity (Wildman–Crippen MR) is 34.3 cm³/mol. The molecule has 0 aromatic heterocycles. The van der Waals surface area contributed by atoms with Gasteiger partial charge in [0.2, 0.25) is 0 Å². The lowest BCUT2D eigenvalue weighted by Crippen LogP contribution is -2.48. The van der Waals surface area contributed by atoms with E-state index in [1.54, 1.807) is 0 Å². The smallest absolute Gasteiger partial charge is 0.0555 e. The number of hydrogen-bond acceptors (Lipinski definition) is 4. The lowest BCUT2D eigenvalue weighted by Gasteiger charge is -2.27. The van der Waals surface area contributed by atoms with Crippen molar-refractivity contribution in [1.29, 1.82) is 0 Å². The van der Waals surface area contributed by atoms with Gasteiger partial charge in [0, 0.05) is 32.7 Å². The number of rotatable bonds is 2. The van der Waals surface area contributed by atoms with Crippen LogP contribution in [0.5, 0.6) is 0 Å². The van der Waals surface area contributed by atoms with Crippen LogP contribution >= 0.6 is 0 Å². The Kier molecular flexibility index (Phi) is 2.65. The van der Waals surface area contributed by atoms with Crippen molar-refractivity contribution in [3.05, 3.63) is 0 Å². The van der Waals surface area contributed by atoms with Crippen molar-refractivity contribution in [2.24, 2.45) is 0 Å². The summed E-state index contributed by atoms with van der Waals surface area (Å²) in [5.74, 6) is -0.984. The molecular formula is C6H11N2O2-. The van der Waals surface area contributed by atoms with E-state index in [0.29, 0.717) is 0 Å². The van der Waals surface area contributed by atoms with Gasteiger partial charge >= 0.3 is 0 Å². The van der Waals surface area contributed by atoms with E-state index in [4.69, 9.17) is 0 Å². The first-order chi connectivity index (χ1) is 4.79. The molecule has 0 bridgehead atoms. The van der Waals surface area contributed by atoms with Gasteiger partial charge in [0.15, 0.2) is 0 Å². The summed E-state index contributed by atoms with van der Waals surface area (Å²) in [5, 5.41) is 13.2.